The van der Waals surface area contributed by atoms with Crippen LogP contribution in [0.15, 0.2) is 42.5 Å². The Bertz CT molecular complexity index is 1010. The molecule has 1 aliphatic heterocycles. The summed E-state index contributed by atoms with van der Waals surface area (Å²) < 4.78 is 54.2. The summed E-state index contributed by atoms with van der Waals surface area (Å²) in [6, 6.07) is 8.49. The minimum absolute atomic E-state index is 0.00782. The van der Waals surface area contributed by atoms with E-state index in [1.54, 1.807) is 0 Å². The van der Waals surface area contributed by atoms with E-state index in [1.165, 1.54) is 30.3 Å². The molecule has 0 aliphatic carbocycles. The first-order chi connectivity index (χ1) is 14.1. The fourth-order valence-electron chi connectivity index (χ4n) is 3.19. The van der Waals surface area contributed by atoms with E-state index in [0.717, 1.165) is 17.9 Å². The highest BCUT2D eigenvalue weighted by atomic mass is 19.4. The van der Waals surface area contributed by atoms with Crippen molar-refractivity contribution in [1.29, 1.82) is 0 Å². The zero-order chi connectivity index (χ0) is 22.1. The van der Waals surface area contributed by atoms with Crippen LogP contribution in [0, 0.1) is 11.7 Å². The summed E-state index contributed by atoms with van der Waals surface area (Å²) >= 11 is 0. The van der Waals surface area contributed by atoms with Gasteiger partial charge in [0, 0.05) is 25.6 Å². The van der Waals surface area contributed by atoms with Crippen molar-refractivity contribution in [1.82, 2.24) is 0 Å². The lowest BCUT2D eigenvalue weighted by atomic mass is 10.1. The molecule has 2 aromatic rings. The monoisotopic (exact) mass is 423 g/mol. The Morgan fingerprint density at radius 3 is 2.43 bits per heavy atom. The van der Waals surface area contributed by atoms with E-state index in [2.05, 4.69) is 10.6 Å². The van der Waals surface area contributed by atoms with Crippen molar-refractivity contribution in [3.8, 4) is 0 Å². The quantitative estimate of drug-likeness (QED) is 0.735. The molecule has 0 radical (unpaired) electrons. The second-order valence-electron chi connectivity index (χ2n) is 6.79. The number of carbonyl (C=O) groups is 3. The van der Waals surface area contributed by atoms with Crippen molar-refractivity contribution in [2.45, 2.75) is 19.5 Å². The Labute approximate surface area is 168 Å². The van der Waals surface area contributed by atoms with Gasteiger partial charge in [0.05, 0.1) is 22.9 Å². The molecule has 1 atom stereocenters. The third kappa shape index (κ3) is 4.58. The largest absolute Gasteiger partial charge is 0.418 e. The van der Waals surface area contributed by atoms with Crippen LogP contribution >= 0.6 is 0 Å². The molecule has 0 aromatic heterocycles. The molecule has 1 unspecified atom stereocenters. The van der Waals surface area contributed by atoms with Crippen LogP contribution in [0.1, 0.15) is 18.9 Å². The van der Waals surface area contributed by atoms with E-state index in [9.17, 15) is 31.9 Å². The third-order valence-electron chi connectivity index (χ3n) is 4.54. The van der Waals surface area contributed by atoms with Crippen LogP contribution in [-0.4, -0.2) is 24.3 Å². The van der Waals surface area contributed by atoms with Gasteiger partial charge in [-0.25, -0.2) is 4.39 Å². The van der Waals surface area contributed by atoms with E-state index in [0.29, 0.717) is 6.07 Å². The van der Waals surface area contributed by atoms with Crippen molar-refractivity contribution in [3.63, 3.8) is 0 Å². The molecule has 1 heterocycles. The Balaban J connectivity index is 1.80. The average Bonchev–Trinajstić information content (AvgIpc) is 3.04. The number of rotatable bonds is 4. The molecule has 0 saturated carbocycles. The highest BCUT2D eigenvalue weighted by Crippen LogP contribution is 2.37. The summed E-state index contributed by atoms with van der Waals surface area (Å²) in [7, 11) is 0. The van der Waals surface area contributed by atoms with Gasteiger partial charge in [-0.1, -0.05) is 12.1 Å². The maximum Gasteiger partial charge on any atom is 0.418 e. The molecular formula is C20H17F4N3O3. The summed E-state index contributed by atoms with van der Waals surface area (Å²) in [5, 5.41) is 4.45. The van der Waals surface area contributed by atoms with Crippen LogP contribution in [0.4, 0.5) is 34.6 Å². The van der Waals surface area contributed by atoms with Gasteiger partial charge in [-0.2, -0.15) is 13.2 Å². The maximum absolute atomic E-state index is 14.0. The van der Waals surface area contributed by atoms with Gasteiger partial charge in [0.25, 0.3) is 0 Å². The second-order valence-corrected chi connectivity index (χ2v) is 6.79. The smallest absolute Gasteiger partial charge is 0.326 e. The summed E-state index contributed by atoms with van der Waals surface area (Å²) in [4.78, 5) is 37.0. The number of alkyl halides is 3. The number of amides is 3. The minimum Gasteiger partial charge on any atom is -0.326 e. The second kappa shape index (κ2) is 8.13. The number of hydrogen-bond donors (Lipinski definition) is 2. The molecule has 1 saturated heterocycles. The van der Waals surface area contributed by atoms with Crippen LogP contribution in [0.5, 0.6) is 0 Å². The average molecular weight is 423 g/mol. The van der Waals surface area contributed by atoms with Crippen molar-refractivity contribution >= 4 is 34.8 Å². The fraction of sp³-hybridized carbons (Fsp3) is 0.250. The van der Waals surface area contributed by atoms with Gasteiger partial charge in [-0.3, -0.25) is 14.4 Å². The van der Waals surface area contributed by atoms with Crippen molar-refractivity contribution in [2.75, 3.05) is 22.1 Å². The number of halogens is 4. The Hall–Kier alpha value is -3.43. The van der Waals surface area contributed by atoms with Crippen molar-refractivity contribution in [2.24, 2.45) is 5.92 Å². The van der Waals surface area contributed by atoms with Crippen LogP contribution in [0.25, 0.3) is 0 Å². The van der Waals surface area contributed by atoms with Gasteiger partial charge in [0.1, 0.15) is 5.82 Å². The number of para-hydroxylation sites is 1. The summed E-state index contributed by atoms with van der Waals surface area (Å²) in [6.45, 7) is 0.998. The zero-order valence-corrected chi connectivity index (χ0v) is 15.7. The van der Waals surface area contributed by atoms with Crippen molar-refractivity contribution in [3.05, 3.63) is 53.8 Å². The number of nitrogens with one attached hydrogen (secondary N) is 2. The van der Waals surface area contributed by atoms with E-state index >= 15 is 0 Å². The van der Waals surface area contributed by atoms with Gasteiger partial charge < -0.3 is 15.5 Å². The molecule has 0 bridgehead atoms. The molecule has 3 rings (SSSR count). The van der Waals surface area contributed by atoms with Crippen LogP contribution in [0.2, 0.25) is 0 Å². The Morgan fingerprint density at radius 2 is 1.80 bits per heavy atom. The van der Waals surface area contributed by atoms with E-state index in [-0.39, 0.29) is 24.3 Å². The molecular weight excluding hydrogens is 406 g/mol. The van der Waals surface area contributed by atoms with E-state index < -0.39 is 46.9 Å². The molecule has 1 aliphatic rings. The predicted octanol–water partition coefficient (Wildman–Crippen LogP) is 3.79. The third-order valence-corrected chi connectivity index (χ3v) is 4.54. The molecule has 30 heavy (non-hydrogen) atoms. The number of anilines is 3. The van der Waals surface area contributed by atoms with Gasteiger partial charge >= 0.3 is 6.18 Å². The molecule has 2 aromatic carbocycles. The zero-order valence-electron chi connectivity index (χ0n) is 15.7. The fourth-order valence-corrected chi connectivity index (χ4v) is 3.19. The first-order valence-electron chi connectivity index (χ1n) is 8.91. The van der Waals surface area contributed by atoms with Crippen LogP contribution in [0.3, 0.4) is 0 Å². The first-order valence-corrected chi connectivity index (χ1v) is 8.91. The molecule has 3 amide bonds. The molecule has 6 nitrogen and oxygen atoms in total. The predicted molar refractivity (Wildman–Crippen MR) is 101 cm³/mol. The number of nitrogens with zero attached hydrogens (tertiary/aromatic N) is 1. The molecule has 2 N–H and O–H groups in total. The van der Waals surface area contributed by atoms with Gasteiger partial charge in [0.15, 0.2) is 0 Å². The number of hydrogen-bond acceptors (Lipinski definition) is 3. The molecule has 0 spiro atoms. The van der Waals surface area contributed by atoms with Gasteiger partial charge in [0.2, 0.25) is 17.7 Å². The molecule has 158 valence electrons. The number of benzene rings is 2. The molecule has 1 fully saturated rings. The van der Waals surface area contributed by atoms with Gasteiger partial charge in [-0.05, 0) is 30.3 Å². The standard InChI is InChI=1S/C20H17F4N3O3/c1-11(28)25-13-6-7-16(14(9-13)20(22,23)24)26-19(30)12-8-18(29)27(10-12)17-5-3-2-4-15(17)21/h2-7,9,12H,8,10H2,1H3,(H,25,28)(H,26,30). The maximum atomic E-state index is 14.0. The van der Waals surface area contributed by atoms with E-state index in [1.807, 2.05) is 0 Å². The van der Waals surface area contributed by atoms with Crippen LogP contribution < -0.4 is 15.5 Å². The first kappa shape index (κ1) is 21.3. The normalized spacial score (nSPS) is 16.5. The Kier molecular flexibility index (Phi) is 5.77. The topological polar surface area (TPSA) is 78.5 Å². The highest BCUT2D eigenvalue weighted by Gasteiger charge is 2.38. The lowest BCUT2D eigenvalue weighted by Crippen LogP contribution is -2.29. The van der Waals surface area contributed by atoms with Gasteiger partial charge in [-0.15, -0.1) is 0 Å². The highest BCUT2D eigenvalue weighted by molar-refractivity contribution is 6.04. The van der Waals surface area contributed by atoms with Crippen molar-refractivity contribution < 1.29 is 31.9 Å². The summed E-state index contributed by atoms with van der Waals surface area (Å²) in [5.74, 6) is -3.43. The number of carbonyl (C=O) groups excluding carboxylic acids is 3. The summed E-state index contributed by atoms with van der Waals surface area (Å²) in [5.41, 5.74) is -1.71. The van der Waals surface area contributed by atoms with Crippen LogP contribution in [-0.2, 0) is 20.6 Å². The lowest BCUT2D eigenvalue weighted by molar-refractivity contribution is -0.137. The SMILES string of the molecule is CC(=O)Nc1ccc(NC(=O)C2CC(=O)N(c3ccccc3F)C2)c(C(F)(F)F)c1. The lowest BCUT2D eigenvalue weighted by Gasteiger charge is -2.18. The van der Waals surface area contributed by atoms with E-state index in [4.69, 9.17) is 0 Å². The molecule has 10 heteroatoms. The Morgan fingerprint density at radius 1 is 1.10 bits per heavy atom. The summed E-state index contributed by atoms with van der Waals surface area (Å²) in [6.07, 6.45) is -5.05. The minimum atomic E-state index is -4.79.